The first-order valence-electron chi connectivity index (χ1n) is 5.25. The Bertz CT molecular complexity index is 330. The number of halogens is 1. The van der Waals surface area contributed by atoms with Crippen molar-refractivity contribution in [1.82, 2.24) is 5.32 Å². The highest BCUT2D eigenvalue weighted by atomic mass is 35.5. The van der Waals surface area contributed by atoms with E-state index < -0.39 is 0 Å². The second kappa shape index (κ2) is 4.42. The number of thiophene rings is 1. The maximum atomic E-state index is 9.54. The van der Waals surface area contributed by atoms with Gasteiger partial charge in [-0.15, -0.1) is 11.3 Å². The summed E-state index contributed by atoms with van der Waals surface area (Å²) in [4.78, 5) is 1.23. The third-order valence-electron chi connectivity index (χ3n) is 3.44. The number of aliphatic hydroxyl groups excluding tert-OH is 1. The van der Waals surface area contributed by atoms with Gasteiger partial charge in [0.25, 0.3) is 0 Å². The van der Waals surface area contributed by atoms with Crippen LogP contribution < -0.4 is 5.32 Å². The van der Waals surface area contributed by atoms with Crippen LogP contribution in [0.25, 0.3) is 0 Å². The van der Waals surface area contributed by atoms with Crippen molar-refractivity contribution in [1.29, 1.82) is 0 Å². The van der Waals surface area contributed by atoms with E-state index in [1.54, 1.807) is 11.3 Å². The van der Waals surface area contributed by atoms with Gasteiger partial charge in [0.05, 0.1) is 10.9 Å². The van der Waals surface area contributed by atoms with Gasteiger partial charge in [0.1, 0.15) is 0 Å². The maximum Gasteiger partial charge on any atom is 0.0931 e. The Kier molecular flexibility index (Phi) is 3.36. The smallest absolute Gasteiger partial charge is 0.0931 e. The largest absolute Gasteiger partial charge is 0.396 e. The summed E-state index contributed by atoms with van der Waals surface area (Å²) in [6.07, 6.45) is 3.42. The summed E-state index contributed by atoms with van der Waals surface area (Å²) >= 11 is 7.55. The van der Waals surface area contributed by atoms with Crippen LogP contribution in [0.4, 0.5) is 0 Å². The fourth-order valence-corrected chi connectivity index (χ4v) is 3.72. The lowest BCUT2D eigenvalue weighted by molar-refractivity contribution is 0.00899. The van der Waals surface area contributed by atoms with Crippen LogP contribution in [0.5, 0.6) is 0 Å². The molecule has 1 heterocycles. The second-order valence-corrected chi connectivity index (χ2v) is 5.98. The van der Waals surface area contributed by atoms with Crippen LogP contribution >= 0.6 is 22.9 Å². The Balaban J connectivity index is 2.23. The average Bonchev–Trinajstić information content (AvgIpc) is 2.58. The molecule has 2 rings (SSSR count). The molecule has 2 nitrogen and oxygen atoms in total. The zero-order valence-electron chi connectivity index (χ0n) is 8.79. The zero-order chi connectivity index (χ0) is 10.9. The van der Waals surface area contributed by atoms with E-state index in [-0.39, 0.29) is 18.1 Å². The van der Waals surface area contributed by atoms with Gasteiger partial charge in [-0.3, -0.25) is 0 Å². The normalized spacial score (nSPS) is 21.0. The summed E-state index contributed by atoms with van der Waals surface area (Å²) in [5, 5.41) is 12.9. The minimum atomic E-state index is 0.0446. The third kappa shape index (κ3) is 1.94. The fraction of sp³-hybridized carbons (Fsp3) is 0.636. The molecule has 1 saturated carbocycles. The molecule has 15 heavy (non-hydrogen) atoms. The SMILES string of the molecule is CNC(c1ccc(Cl)s1)C1(CO)CCC1. The van der Waals surface area contributed by atoms with Crippen molar-refractivity contribution in [2.24, 2.45) is 5.41 Å². The van der Waals surface area contributed by atoms with E-state index >= 15 is 0 Å². The van der Waals surface area contributed by atoms with E-state index in [4.69, 9.17) is 11.6 Å². The first-order chi connectivity index (χ1) is 7.22. The molecule has 0 spiro atoms. The molecule has 1 fully saturated rings. The van der Waals surface area contributed by atoms with Crippen LogP contribution in [0.15, 0.2) is 12.1 Å². The molecule has 1 aromatic heterocycles. The van der Waals surface area contributed by atoms with Crippen molar-refractivity contribution in [3.63, 3.8) is 0 Å². The minimum Gasteiger partial charge on any atom is -0.396 e. The molecule has 1 unspecified atom stereocenters. The minimum absolute atomic E-state index is 0.0446. The van der Waals surface area contributed by atoms with Crippen LogP contribution in [0, 0.1) is 5.41 Å². The van der Waals surface area contributed by atoms with Crippen LogP contribution in [-0.2, 0) is 0 Å². The van der Waals surface area contributed by atoms with Gasteiger partial charge in [0.15, 0.2) is 0 Å². The van der Waals surface area contributed by atoms with E-state index in [1.807, 2.05) is 13.1 Å². The second-order valence-electron chi connectivity index (χ2n) is 4.24. The molecule has 0 saturated heterocycles. The number of hydrogen-bond donors (Lipinski definition) is 2. The number of hydrogen-bond acceptors (Lipinski definition) is 3. The predicted molar refractivity (Wildman–Crippen MR) is 64.5 cm³/mol. The standard InChI is InChI=1S/C11H16ClNOS/c1-13-10(8-3-4-9(12)15-8)11(7-14)5-2-6-11/h3-4,10,13-14H,2,5-7H2,1H3. The Morgan fingerprint density at radius 1 is 1.60 bits per heavy atom. The number of aliphatic hydroxyl groups is 1. The Morgan fingerprint density at radius 2 is 2.33 bits per heavy atom. The number of nitrogens with one attached hydrogen (secondary N) is 1. The lowest BCUT2D eigenvalue weighted by Gasteiger charge is -2.46. The molecule has 0 bridgehead atoms. The van der Waals surface area contributed by atoms with Crippen molar-refractivity contribution in [2.45, 2.75) is 25.3 Å². The van der Waals surface area contributed by atoms with Crippen molar-refractivity contribution < 1.29 is 5.11 Å². The van der Waals surface area contributed by atoms with Crippen LogP contribution in [0.3, 0.4) is 0 Å². The lowest BCUT2D eigenvalue weighted by Crippen LogP contribution is -2.44. The fourth-order valence-electron chi connectivity index (χ4n) is 2.40. The van der Waals surface area contributed by atoms with E-state index in [9.17, 15) is 5.11 Å². The maximum absolute atomic E-state index is 9.54. The molecule has 84 valence electrons. The third-order valence-corrected chi connectivity index (χ3v) is 4.74. The van der Waals surface area contributed by atoms with E-state index in [2.05, 4.69) is 11.4 Å². The molecular weight excluding hydrogens is 230 g/mol. The lowest BCUT2D eigenvalue weighted by atomic mass is 9.64. The molecule has 1 aromatic rings. The molecule has 1 aliphatic carbocycles. The monoisotopic (exact) mass is 245 g/mol. The Morgan fingerprint density at radius 3 is 2.67 bits per heavy atom. The van der Waals surface area contributed by atoms with Gasteiger partial charge in [0, 0.05) is 16.3 Å². The summed E-state index contributed by atoms with van der Waals surface area (Å²) in [5.74, 6) is 0. The quantitative estimate of drug-likeness (QED) is 0.855. The van der Waals surface area contributed by atoms with Gasteiger partial charge in [-0.2, -0.15) is 0 Å². The van der Waals surface area contributed by atoms with Crippen LogP contribution in [0.2, 0.25) is 4.34 Å². The molecular formula is C11H16ClNOS. The van der Waals surface area contributed by atoms with Crippen LogP contribution in [0.1, 0.15) is 30.2 Å². The van der Waals surface area contributed by atoms with E-state index in [0.717, 1.165) is 17.2 Å². The molecule has 1 atom stereocenters. The molecule has 1 aliphatic rings. The summed E-state index contributed by atoms with van der Waals surface area (Å²) in [5.41, 5.74) is 0.0446. The van der Waals surface area contributed by atoms with Gasteiger partial charge in [-0.05, 0) is 32.0 Å². The highest BCUT2D eigenvalue weighted by Crippen LogP contribution is 2.51. The molecule has 0 amide bonds. The molecule has 0 aliphatic heterocycles. The van der Waals surface area contributed by atoms with Gasteiger partial charge in [-0.25, -0.2) is 0 Å². The summed E-state index contributed by atoms with van der Waals surface area (Å²) in [6.45, 7) is 0.258. The topological polar surface area (TPSA) is 32.3 Å². The predicted octanol–water partition coefficient (Wildman–Crippen LogP) is 2.82. The summed E-state index contributed by atoms with van der Waals surface area (Å²) in [6, 6.07) is 4.23. The first-order valence-corrected chi connectivity index (χ1v) is 6.45. The molecule has 2 N–H and O–H groups in total. The number of rotatable bonds is 4. The molecule has 0 aromatic carbocycles. The van der Waals surface area contributed by atoms with Crippen molar-refractivity contribution in [3.05, 3.63) is 21.3 Å². The van der Waals surface area contributed by atoms with Crippen molar-refractivity contribution >= 4 is 22.9 Å². The van der Waals surface area contributed by atoms with E-state index in [0.29, 0.717) is 0 Å². The van der Waals surface area contributed by atoms with E-state index in [1.165, 1.54) is 11.3 Å². The Labute approximate surface area is 99.3 Å². The van der Waals surface area contributed by atoms with Gasteiger partial charge in [0.2, 0.25) is 0 Å². The first kappa shape index (κ1) is 11.4. The molecule has 0 radical (unpaired) electrons. The van der Waals surface area contributed by atoms with Crippen molar-refractivity contribution in [3.8, 4) is 0 Å². The zero-order valence-corrected chi connectivity index (χ0v) is 10.4. The molecule has 4 heteroatoms. The summed E-state index contributed by atoms with van der Waals surface area (Å²) in [7, 11) is 1.95. The Hall–Kier alpha value is -0.0900. The highest BCUT2D eigenvalue weighted by molar-refractivity contribution is 7.16. The average molecular weight is 246 g/mol. The van der Waals surface area contributed by atoms with Crippen LogP contribution in [-0.4, -0.2) is 18.8 Å². The van der Waals surface area contributed by atoms with Gasteiger partial charge < -0.3 is 10.4 Å². The highest BCUT2D eigenvalue weighted by Gasteiger charge is 2.44. The van der Waals surface area contributed by atoms with Crippen molar-refractivity contribution in [2.75, 3.05) is 13.7 Å². The van der Waals surface area contributed by atoms with Gasteiger partial charge >= 0.3 is 0 Å². The summed E-state index contributed by atoms with van der Waals surface area (Å²) < 4.78 is 0.817. The van der Waals surface area contributed by atoms with Gasteiger partial charge in [-0.1, -0.05) is 18.0 Å².